The van der Waals surface area contributed by atoms with Crippen molar-refractivity contribution in [3.8, 4) is 5.75 Å². The van der Waals surface area contributed by atoms with Gasteiger partial charge >= 0.3 is 12.6 Å². The van der Waals surface area contributed by atoms with Crippen LogP contribution in [-0.2, 0) is 21.5 Å². The molecule has 1 saturated heterocycles. The van der Waals surface area contributed by atoms with Crippen molar-refractivity contribution in [3.63, 3.8) is 0 Å². The first-order valence-corrected chi connectivity index (χ1v) is 10.3. The summed E-state index contributed by atoms with van der Waals surface area (Å²) in [6.45, 7) is -1.87. The second-order valence-electron chi connectivity index (χ2n) is 8.06. The molecule has 2 aliphatic rings. The number of fused-ring (bicyclic) bond motifs is 1. The fourth-order valence-corrected chi connectivity index (χ4v) is 4.29. The van der Waals surface area contributed by atoms with Crippen LogP contribution < -0.4 is 15.4 Å². The van der Waals surface area contributed by atoms with Gasteiger partial charge in [0.25, 0.3) is 5.91 Å². The summed E-state index contributed by atoms with van der Waals surface area (Å²) >= 11 is 0. The van der Waals surface area contributed by atoms with E-state index < -0.39 is 36.5 Å². The Morgan fingerprint density at radius 2 is 1.94 bits per heavy atom. The number of carbonyl (C=O) groups excluding carboxylic acids is 3. The fourth-order valence-electron chi connectivity index (χ4n) is 4.29. The summed E-state index contributed by atoms with van der Waals surface area (Å²) < 4.78 is 29.0. The zero-order chi connectivity index (χ0) is 22.9. The number of nitrogens with zero attached hydrogens (tertiary/aromatic N) is 1. The van der Waals surface area contributed by atoms with E-state index in [1.54, 1.807) is 0 Å². The highest BCUT2D eigenvalue weighted by molar-refractivity contribution is 6.09. The molecule has 0 aromatic heterocycles. The molecule has 2 atom stereocenters. The van der Waals surface area contributed by atoms with Gasteiger partial charge in [0.15, 0.2) is 0 Å². The molecule has 0 unspecified atom stereocenters. The zero-order valence-electron chi connectivity index (χ0n) is 17.4. The molecule has 168 valence electrons. The number of urea groups is 1. The van der Waals surface area contributed by atoms with Gasteiger partial charge in [-0.05, 0) is 55.0 Å². The molecule has 1 aliphatic carbocycles. The summed E-state index contributed by atoms with van der Waals surface area (Å²) in [4.78, 5) is 39.1. The number of alkyl halides is 2. The number of rotatable bonds is 6. The predicted octanol–water partition coefficient (Wildman–Crippen LogP) is 3.25. The molecule has 4 rings (SSSR count). The summed E-state index contributed by atoms with van der Waals surface area (Å²) in [5, 5.41) is 5.54. The first kappa shape index (κ1) is 21.7. The van der Waals surface area contributed by atoms with Gasteiger partial charge in [-0.1, -0.05) is 36.4 Å². The van der Waals surface area contributed by atoms with E-state index in [0.717, 1.165) is 29.7 Å². The van der Waals surface area contributed by atoms with E-state index in [0.29, 0.717) is 5.56 Å². The predicted molar refractivity (Wildman–Crippen MR) is 111 cm³/mol. The summed E-state index contributed by atoms with van der Waals surface area (Å²) in [5.41, 5.74) is 1.21. The van der Waals surface area contributed by atoms with Crippen molar-refractivity contribution in [1.29, 1.82) is 0 Å². The smallest absolute Gasteiger partial charge is 0.387 e. The molecule has 4 amide bonds. The van der Waals surface area contributed by atoms with Crippen LogP contribution >= 0.6 is 0 Å². The van der Waals surface area contributed by atoms with E-state index in [1.807, 2.05) is 24.3 Å². The molecule has 2 N–H and O–H groups in total. The lowest BCUT2D eigenvalue weighted by molar-refractivity contribution is -0.135. The Kier molecular flexibility index (Phi) is 5.82. The van der Waals surface area contributed by atoms with Crippen LogP contribution in [0.25, 0.3) is 0 Å². The maximum atomic E-state index is 13.0. The van der Waals surface area contributed by atoms with Crippen molar-refractivity contribution < 1.29 is 27.9 Å². The third-order valence-electron chi connectivity index (χ3n) is 5.94. The highest BCUT2D eigenvalue weighted by Crippen LogP contribution is 2.31. The number of hydrogen-bond donors (Lipinski definition) is 2. The Morgan fingerprint density at radius 1 is 1.22 bits per heavy atom. The van der Waals surface area contributed by atoms with E-state index in [2.05, 4.69) is 15.4 Å². The molecule has 0 radical (unpaired) electrons. The standard InChI is InChI=1S/C23H23F2N3O4/c1-23(15-9-11-16(12-10-15)32-21(24)25)20(30)28(22(31)27-23)13-19(29)26-18-8-4-6-14-5-2-3-7-17(14)18/h2-3,5,7,9-12,18,21H,4,6,8,13H2,1H3,(H,26,29)(H,27,31)/t18-,23-/m0/s1. The lowest BCUT2D eigenvalue weighted by Gasteiger charge is -2.27. The molecule has 0 bridgehead atoms. The molecule has 9 heteroatoms. The number of carbonyl (C=O) groups is 3. The first-order valence-electron chi connectivity index (χ1n) is 10.3. The number of ether oxygens (including phenoxy) is 1. The van der Waals surface area contributed by atoms with Gasteiger partial charge < -0.3 is 15.4 Å². The number of hydrogen-bond acceptors (Lipinski definition) is 4. The van der Waals surface area contributed by atoms with E-state index >= 15 is 0 Å². The third kappa shape index (κ3) is 4.15. The van der Waals surface area contributed by atoms with Crippen molar-refractivity contribution in [1.82, 2.24) is 15.5 Å². The number of imide groups is 1. The molecule has 2 aromatic rings. The minimum atomic E-state index is -2.96. The lowest BCUT2D eigenvalue weighted by atomic mass is 9.88. The van der Waals surface area contributed by atoms with Gasteiger partial charge in [-0.15, -0.1) is 0 Å². The summed E-state index contributed by atoms with van der Waals surface area (Å²) in [7, 11) is 0. The van der Waals surface area contributed by atoms with E-state index in [9.17, 15) is 23.2 Å². The molecule has 2 aromatic carbocycles. The van der Waals surface area contributed by atoms with Crippen LogP contribution in [0.5, 0.6) is 5.75 Å². The van der Waals surface area contributed by atoms with Gasteiger partial charge in [0.05, 0.1) is 6.04 Å². The number of aryl methyl sites for hydroxylation is 1. The number of halogens is 2. The molecule has 1 heterocycles. The lowest BCUT2D eigenvalue weighted by Crippen LogP contribution is -2.44. The Balaban J connectivity index is 1.44. The summed E-state index contributed by atoms with van der Waals surface area (Å²) in [6.07, 6.45) is 2.68. The van der Waals surface area contributed by atoms with Crippen LogP contribution in [0, 0.1) is 0 Å². The minimum Gasteiger partial charge on any atom is -0.435 e. The molecule has 1 fully saturated rings. The molecular formula is C23H23F2N3O4. The maximum absolute atomic E-state index is 13.0. The van der Waals surface area contributed by atoms with Crippen LogP contribution in [-0.4, -0.2) is 35.9 Å². The monoisotopic (exact) mass is 443 g/mol. The van der Waals surface area contributed by atoms with Crippen molar-refractivity contribution in [2.24, 2.45) is 0 Å². The minimum absolute atomic E-state index is 0.0619. The average molecular weight is 443 g/mol. The van der Waals surface area contributed by atoms with Crippen molar-refractivity contribution >= 4 is 17.8 Å². The summed E-state index contributed by atoms with van der Waals surface area (Å²) in [6, 6.07) is 12.5. The van der Waals surface area contributed by atoms with Crippen molar-refractivity contribution in [3.05, 3.63) is 65.2 Å². The fraction of sp³-hybridized carbons (Fsp3) is 0.348. The van der Waals surface area contributed by atoms with Gasteiger partial charge in [-0.2, -0.15) is 8.78 Å². The Morgan fingerprint density at radius 3 is 2.66 bits per heavy atom. The Hall–Kier alpha value is -3.49. The highest BCUT2D eigenvalue weighted by atomic mass is 19.3. The molecule has 32 heavy (non-hydrogen) atoms. The van der Waals surface area contributed by atoms with Crippen molar-refractivity contribution in [2.45, 2.75) is 44.4 Å². The van der Waals surface area contributed by atoms with Crippen LogP contribution in [0.4, 0.5) is 13.6 Å². The first-order chi connectivity index (χ1) is 15.3. The topological polar surface area (TPSA) is 87.7 Å². The van der Waals surface area contributed by atoms with E-state index in [4.69, 9.17) is 0 Å². The van der Waals surface area contributed by atoms with Crippen LogP contribution in [0.3, 0.4) is 0 Å². The second kappa shape index (κ2) is 8.57. The molecular weight excluding hydrogens is 420 g/mol. The van der Waals surface area contributed by atoms with Crippen molar-refractivity contribution in [2.75, 3.05) is 6.54 Å². The second-order valence-corrected chi connectivity index (χ2v) is 8.06. The largest absolute Gasteiger partial charge is 0.435 e. The van der Waals surface area contributed by atoms with Gasteiger partial charge in [0, 0.05) is 0 Å². The van der Waals surface area contributed by atoms with E-state index in [1.165, 1.54) is 36.8 Å². The number of benzene rings is 2. The number of amides is 4. The average Bonchev–Trinajstić information content (AvgIpc) is 2.98. The normalized spacial score (nSPS) is 22.5. The molecule has 7 nitrogen and oxygen atoms in total. The SMILES string of the molecule is C[C@@]1(c2ccc(OC(F)F)cc2)NC(=O)N(CC(=O)N[C@H]2CCCc3ccccc32)C1=O. The maximum Gasteiger partial charge on any atom is 0.387 e. The molecule has 1 aliphatic heterocycles. The van der Waals surface area contributed by atoms with Crippen LogP contribution in [0.2, 0.25) is 0 Å². The Labute approximate surface area is 183 Å². The van der Waals surface area contributed by atoms with Gasteiger partial charge in [0.2, 0.25) is 5.91 Å². The zero-order valence-corrected chi connectivity index (χ0v) is 17.4. The quantitative estimate of drug-likeness (QED) is 0.671. The summed E-state index contributed by atoms with van der Waals surface area (Å²) in [5.74, 6) is -1.09. The Bertz CT molecular complexity index is 1040. The van der Waals surface area contributed by atoms with Gasteiger partial charge in [-0.25, -0.2) is 4.79 Å². The molecule has 0 spiro atoms. The van der Waals surface area contributed by atoms with Gasteiger partial charge in [-0.3, -0.25) is 14.5 Å². The van der Waals surface area contributed by atoms with E-state index in [-0.39, 0.29) is 11.8 Å². The van der Waals surface area contributed by atoms with Gasteiger partial charge in [0.1, 0.15) is 17.8 Å². The molecule has 0 saturated carbocycles. The van der Waals surface area contributed by atoms with Crippen LogP contribution in [0.15, 0.2) is 48.5 Å². The highest BCUT2D eigenvalue weighted by Gasteiger charge is 2.49. The third-order valence-corrected chi connectivity index (χ3v) is 5.94. The van der Waals surface area contributed by atoms with Crippen LogP contribution in [0.1, 0.15) is 42.5 Å². The number of nitrogens with one attached hydrogen (secondary N) is 2.